The molecule has 0 aromatic heterocycles. The highest BCUT2D eigenvalue weighted by Crippen LogP contribution is 2.34. The lowest BCUT2D eigenvalue weighted by Crippen LogP contribution is -2.32. The number of nitrogens with zero attached hydrogens (tertiary/aromatic N) is 1. The van der Waals surface area contributed by atoms with Gasteiger partial charge < -0.3 is 10.1 Å². The zero-order valence-electron chi connectivity index (χ0n) is 17.3. The number of carbonyl (C=O) groups is 2. The lowest BCUT2D eigenvalue weighted by molar-refractivity contribution is -0.137. The number of para-hydroxylation sites is 2. The molecule has 0 atom stereocenters. The van der Waals surface area contributed by atoms with Crippen molar-refractivity contribution in [2.24, 2.45) is 0 Å². The minimum atomic E-state index is -0.416. The minimum absolute atomic E-state index is 0.129. The molecule has 0 radical (unpaired) electrons. The first-order valence-electron chi connectivity index (χ1n) is 10.1. The van der Waals surface area contributed by atoms with Crippen LogP contribution < -0.4 is 10.1 Å². The van der Waals surface area contributed by atoms with Crippen molar-refractivity contribution in [3.05, 3.63) is 99.7 Å². The number of halogens is 2. The maximum Gasteiger partial charge on any atom is 0.278 e. The molecule has 4 rings (SSSR count). The van der Waals surface area contributed by atoms with Gasteiger partial charge in [-0.2, -0.15) is 0 Å². The molecule has 0 aliphatic carbocycles. The van der Waals surface area contributed by atoms with E-state index in [9.17, 15) is 9.59 Å². The van der Waals surface area contributed by atoms with E-state index in [0.717, 1.165) is 5.56 Å². The molecular weight excluding hydrogens is 447 g/mol. The van der Waals surface area contributed by atoms with E-state index < -0.39 is 5.91 Å². The Morgan fingerprint density at radius 1 is 0.844 bits per heavy atom. The van der Waals surface area contributed by atoms with Gasteiger partial charge in [-0.15, -0.1) is 0 Å². The van der Waals surface area contributed by atoms with Gasteiger partial charge in [-0.1, -0.05) is 59.6 Å². The molecule has 1 aliphatic rings. The molecule has 3 aromatic carbocycles. The fraction of sp³-hybridized carbons (Fsp3) is 0.120. The fourth-order valence-corrected chi connectivity index (χ4v) is 3.73. The summed E-state index contributed by atoms with van der Waals surface area (Å²) in [5.74, 6) is -0.209. The zero-order valence-corrected chi connectivity index (χ0v) is 18.8. The maximum atomic E-state index is 13.4. The molecule has 0 bridgehead atoms. The van der Waals surface area contributed by atoms with E-state index in [2.05, 4.69) is 5.32 Å². The van der Waals surface area contributed by atoms with Crippen LogP contribution >= 0.6 is 23.2 Å². The predicted molar refractivity (Wildman–Crippen MR) is 127 cm³/mol. The predicted octanol–water partition coefficient (Wildman–Crippen LogP) is 5.78. The van der Waals surface area contributed by atoms with Crippen LogP contribution in [0.2, 0.25) is 10.0 Å². The smallest absolute Gasteiger partial charge is 0.278 e. The summed E-state index contributed by atoms with van der Waals surface area (Å²) in [5.41, 5.74) is 2.47. The average Bonchev–Trinajstić information content (AvgIpc) is 3.01. The third-order valence-corrected chi connectivity index (χ3v) is 5.51. The molecule has 3 aromatic rings. The van der Waals surface area contributed by atoms with Gasteiger partial charge in [0, 0.05) is 10.0 Å². The Kier molecular flexibility index (Phi) is 6.49. The summed E-state index contributed by atoms with van der Waals surface area (Å²) in [6, 6.07) is 21.2. The van der Waals surface area contributed by atoms with Crippen molar-refractivity contribution in [2.45, 2.75) is 13.5 Å². The van der Waals surface area contributed by atoms with Gasteiger partial charge in [0.25, 0.3) is 11.8 Å². The summed E-state index contributed by atoms with van der Waals surface area (Å²) in [7, 11) is 0. The maximum absolute atomic E-state index is 13.4. The summed E-state index contributed by atoms with van der Waals surface area (Å²) in [6.45, 7) is 2.48. The van der Waals surface area contributed by atoms with Crippen molar-refractivity contribution in [3.63, 3.8) is 0 Å². The Morgan fingerprint density at radius 3 is 2.12 bits per heavy atom. The molecule has 2 amide bonds. The second kappa shape index (κ2) is 9.47. The summed E-state index contributed by atoms with van der Waals surface area (Å²) in [6.07, 6.45) is 0. The van der Waals surface area contributed by atoms with Gasteiger partial charge in [0.05, 0.1) is 24.4 Å². The first kappa shape index (κ1) is 21.9. The molecule has 7 heteroatoms. The Morgan fingerprint density at radius 2 is 1.47 bits per heavy atom. The molecule has 0 saturated carbocycles. The molecule has 0 fully saturated rings. The highest BCUT2D eigenvalue weighted by Gasteiger charge is 2.39. The van der Waals surface area contributed by atoms with Crippen LogP contribution in [0.15, 0.2) is 78.5 Å². The Bertz CT molecular complexity index is 1190. The Hall–Kier alpha value is -3.28. The third kappa shape index (κ3) is 4.49. The highest BCUT2D eigenvalue weighted by atomic mass is 35.5. The summed E-state index contributed by atoms with van der Waals surface area (Å²) in [4.78, 5) is 28.0. The highest BCUT2D eigenvalue weighted by molar-refractivity contribution is 6.37. The van der Waals surface area contributed by atoms with Gasteiger partial charge in [0.1, 0.15) is 11.4 Å². The van der Waals surface area contributed by atoms with E-state index in [1.807, 2.05) is 19.1 Å². The van der Waals surface area contributed by atoms with Crippen LogP contribution in [0.5, 0.6) is 5.75 Å². The van der Waals surface area contributed by atoms with Gasteiger partial charge in [0.15, 0.2) is 0 Å². The SMILES string of the molecule is CCOc1ccccc1NC1=C(c2ccc(Cl)cc2)C(=O)N(Cc2ccc(Cl)cc2)C1=O. The molecule has 1 heterocycles. The molecule has 0 unspecified atom stereocenters. The van der Waals surface area contributed by atoms with E-state index in [4.69, 9.17) is 27.9 Å². The van der Waals surface area contributed by atoms with E-state index in [1.165, 1.54) is 4.90 Å². The number of imide groups is 1. The van der Waals surface area contributed by atoms with Crippen LogP contribution in [0.3, 0.4) is 0 Å². The molecule has 5 nitrogen and oxygen atoms in total. The van der Waals surface area contributed by atoms with Crippen LogP contribution in [-0.4, -0.2) is 23.3 Å². The number of hydrogen-bond donors (Lipinski definition) is 1. The number of anilines is 1. The summed E-state index contributed by atoms with van der Waals surface area (Å²) < 4.78 is 5.67. The molecule has 0 spiro atoms. The number of hydrogen-bond acceptors (Lipinski definition) is 4. The molecule has 32 heavy (non-hydrogen) atoms. The van der Waals surface area contributed by atoms with Crippen molar-refractivity contribution in [2.75, 3.05) is 11.9 Å². The van der Waals surface area contributed by atoms with Crippen LogP contribution in [0.4, 0.5) is 5.69 Å². The molecule has 0 saturated heterocycles. The molecule has 162 valence electrons. The molecule has 1 aliphatic heterocycles. The normalized spacial score (nSPS) is 13.7. The number of rotatable bonds is 7. The van der Waals surface area contributed by atoms with Crippen LogP contribution in [0.1, 0.15) is 18.1 Å². The van der Waals surface area contributed by atoms with E-state index >= 15 is 0 Å². The van der Waals surface area contributed by atoms with Crippen LogP contribution in [0, 0.1) is 0 Å². The van der Waals surface area contributed by atoms with Crippen LogP contribution in [-0.2, 0) is 16.1 Å². The lowest BCUT2D eigenvalue weighted by Gasteiger charge is -2.16. The van der Waals surface area contributed by atoms with Crippen LogP contribution in [0.25, 0.3) is 5.57 Å². The minimum Gasteiger partial charge on any atom is -0.492 e. The van der Waals surface area contributed by atoms with Crippen molar-refractivity contribution < 1.29 is 14.3 Å². The van der Waals surface area contributed by atoms with Crippen molar-refractivity contribution >= 4 is 46.3 Å². The average molecular weight is 467 g/mol. The van der Waals surface area contributed by atoms with Crippen molar-refractivity contribution in [3.8, 4) is 5.75 Å². The number of carbonyl (C=O) groups excluding carboxylic acids is 2. The number of nitrogens with one attached hydrogen (secondary N) is 1. The van der Waals surface area contributed by atoms with E-state index in [0.29, 0.717) is 33.7 Å². The van der Waals surface area contributed by atoms with Crippen molar-refractivity contribution in [1.82, 2.24) is 4.90 Å². The monoisotopic (exact) mass is 466 g/mol. The van der Waals surface area contributed by atoms with Gasteiger partial charge >= 0.3 is 0 Å². The van der Waals surface area contributed by atoms with E-state index in [-0.39, 0.29) is 23.7 Å². The van der Waals surface area contributed by atoms with Gasteiger partial charge in [-0.3, -0.25) is 14.5 Å². The first-order chi connectivity index (χ1) is 15.5. The Labute approximate surface area is 196 Å². The lowest BCUT2D eigenvalue weighted by atomic mass is 10.0. The number of ether oxygens (including phenoxy) is 1. The standard InChI is InChI=1S/C25H20Cl2N2O3/c1-2-32-21-6-4-3-5-20(21)28-23-22(17-9-13-19(27)14-10-17)24(30)29(25(23)31)15-16-7-11-18(26)12-8-16/h3-14,28H,2,15H2,1H3. The second-order valence-electron chi connectivity index (χ2n) is 7.13. The zero-order chi connectivity index (χ0) is 22.7. The summed E-state index contributed by atoms with van der Waals surface area (Å²) in [5, 5.41) is 4.28. The second-order valence-corrected chi connectivity index (χ2v) is 8.01. The number of benzene rings is 3. The van der Waals surface area contributed by atoms with Gasteiger partial charge in [-0.05, 0) is 54.4 Å². The van der Waals surface area contributed by atoms with Gasteiger partial charge in [-0.25, -0.2) is 0 Å². The quantitative estimate of drug-likeness (QED) is 0.448. The Balaban J connectivity index is 1.74. The summed E-state index contributed by atoms with van der Waals surface area (Å²) >= 11 is 12.0. The topological polar surface area (TPSA) is 58.6 Å². The number of amides is 2. The van der Waals surface area contributed by atoms with Crippen molar-refractivity contribution in [1.29, 1.82) is 0 Å². The van der Waals surface area contributed by atoms with Gasteiger partial charge in [0.2, 0.25) is 0 Å². The first-order valence-corrected chi connectivity index (χ1v) is 10.8. The molecule has 1 N–H and O–H groups in total. The van der Waals surface area contributed by atoms with E-state index in [1.54, 1.807) is 60.7 Å². The molecular formula is C25H20Cl2N2O3. The largest absolute Gasteiger partial charge is 0.492 e. The fourth-order valence-electron chi connectivity index (χ4n) is 3.48. The third-order valence-electron chi connectivity index (χ3n) is 5.00.